The predicted molar refractivity (Wildman–Crippen MR) is 222 cm³/mol. The first-order chi connectivity index (χ1) is 26.3. The first-order valence-electron chi connectivity index (χ1n) is 21.0. The van der Waals surface area contributed by atoms with Gasteiger partial charge in [-0.15, -0.1) is 0 Å². The van der Waals surface area contributed by atoms with Crippen LogP contribution in [0, 0.1) is 0 Å². The SMILES string of the molecule is CC/C=C\C/C=C\C/C=C\C/C=C\C[C@H](O)[C@@H](O)CCCC(=O)OC[C@H](COP(=O)(O)OCC[N+](C)(C)C)OC(=O)CCCCCCCCCCCCCC. The maximum absolute atomic E-state index is 12.7. The fourth-order valence-electron chi connectivity index (χ4n) is 5.39. The number of ether oxygens (including phenoxy) is 2. The molecule has 12 heteroatoms. The number of hydrogen-bond acceptors (Lipinski definition) is 9. The molecule has 0 aromatic carbocycles. The van der Waals surface area contributed by atoms with Gasteiger partial charge in [-0.05, 0) is 51.4 Å². The zero-order valence-electron chi connectivity index (χ0n) is 35.1. The molecule has 0 fully saturated rings. The number of carbonyl (C=O) groups is 2. The molecule has 0 bridgehead atoms. The molecular formula is C43H79NO10P+. The van der Waals surface area contributed by atoms with Gasteiger partial charge in [0.1, 0.15) is 19.8 Å². The summed E-state index contributed by atoms with van der Waals surface area (Å²) in [6.45, 7) is 3.95. The highest BCUT2D eigenvalue weighted by atomic mass is 31.2. The van der Waals surface area contributed by atoms with E-state index in [4.69, 9.17) is 18.5 Å². The third kappa shape index (κ3) is 37.2. The van der Waals surface area contributed by atoms with E-state index in [0.29, 0.717) is 23.9 Å². The first-order valence-corrected chi connectivity index (χ1v) is 22.5. The number of nitrogens with zero attached hydrogens (tertiary/aromatic N) is 1. The number of carbonyl (C=O) groups excluding carboxylic acids is 2. The first kappa shape index (κ1) is 52.9. The van der Waals surface area contributed by atoms with Crippen molar-refractivity contribution in [1.29, 1.82) is 0 Å². The van der Waals surface area contributed by atoms with Gasteiger partial charge in [-0.3, -0.25) is 18.6 Å². The number of unbranched alkanes of at least 4 members (excludes halogenated alkanes) is 11. The molecule has 0 heterocycles. The van der Waals surface area contributed by atoms with Gasteiger partial charge in [0.2, 0.25) is 0 Å². The van der Waals surface area contributed by atoms with E-state index >= 15 is 0 Å². The molecule has 0 aliphatic heterocycles. The highest BCUT2D eigenvalue weighted by Gasteiger charge is 2.27. The van der Waals surface area contributed by atoms with Crippen LogP contribution in [-0.2, 0) is 32.7 Å². The molecular weight excluding hydrogens is 721 g/mol. The van der Waals surface area contributed by atoms with E-state index in [0.717, 1.165) is 44.9 Å². The summed E-state index contributed by atoms with van der Waals surface area (Å²) in [5.41, 5.74) is 0. The second-order valence-corrected chi connectivity index (χ2v) is 16.8. The van der Waals surface area contributed by atoms with Crippen molar-refractivity contribution in [3.8, 4) is 0 Å². The molecule has 1 unspecified atom stereocenters. The van der Waals surface area contributed by atoms with Crippen molar-refractivity contribution in [3.05, 3.63) is 48.6 Å². The summed E-state index contributed by atoms with van der Waals surface area (Å²) in [6, 6.07) is 0. The Hall–Kier alpha value is -2.11. The van der Waals surface area contributed by atoms with Crippen molar-refractivity contribution in [1.82, 2.24) is 0 Å². The van der Waals surface area contributed by atoms with Crippen molar-refractivity contribution in [2.75, 3.05) is 47.5 Å². The summed E-state index contributed by atoms with van der Waals surface area (Å²) in [5, 5.41) is 20.7. The van der Waals surface area contributed by atoms with Crippen LogP contribution in [0.2, 0.25) is 0 Å². The Kier molecular flexibility index (Phi) is 33.7. The monoisotopic (exact) mass is 801 g/mol. The number of quaternary nitrogens is 1. The van der Waals surface area contributed by atoms with Gasteiger partial charge < -0.3 is 29.1 Å². The molecule has 0 aromatic rings. The number of rotatable bonds is 37. The van der Waals surface area contributed by atoms with Gasteiger partial charge in [0.15, 0.2) is 6.10 Å². The van der Waals surface area contributed by atoms with Gasteiger partial charge in [-0.2, -0.15) is 0 Å². The molecule has 0 saturated carbocycles. The van der Waals surface area contributed by atoms with Crippen molar-refractivity contribution in [3.63, 3.8) is 0 Å². The van der Waals surface area contributed by atoms with Gasteiger partial charge in [-0.1, -0.05) is 133 Å². The average Bonchev–Trinajstić information content (AvgIpc) is 3.12. The molecule has 0 aromatic heterocycles. The molecule has 0 amide bonds. The second kappa shape index (κ2) is 35.1. The summed E-state index contributed by atoms with van der Waals surface area (Å²) >= 11 is 0. The van der Waals surface area contributed by atoms with Crippen LogP contribution in [-0.4, -0.2) is 97.3 Å². The third-order valence-electron chi connectivity index (χ3n) is 8.82. The standard InChI is InChI=1S/C43H78NO10P/c1-6-8-10-12-14-16-18-20-22-24-26-28-31-40(45)41(46)32-30-34-42(47)51-37-39(38-53-55(49,50)52-36-35-44(3,4)5)54-43(48)33-29-27-25-23-21-19-17-15-13-11-9-7-2/h8,10,14,16,20,22,26,28,39-41,45-46H,6-7,9,11-13,15,17-19,21,23-25,27,29-38H2,1-5H3/p+1/b10-8-,16-14-,22-20-,28-26-/t39-,40+,41+/m1/s1. The van der Waals surface area contributed by atoms with Gasteiger partial charge in [0.25, 0.3) is 0 Å². The number of esters is 2. The Morgan fingerprint density at radius 3 is 1.69 bits per heavy atom. The van der Waals surface area contributed by atoms with Crippen molar-refractivity contribution in [2.24, 2.45) is 0 Å². The summed E-state index contributed by atoms with van der Waals surface area (Å²) in [4.78, 5) is 35.3. The number of likely N-dealkylation sites (N-methyl/N-ethyl adjacent to an activating group) is 1. The lowest BCUT2D eigenvalue weighted by atomic mass is 10.0. The van der Waals surface area contributed by atoms with Crippen LogP contribution in [0.5, 0.6) is 0 Å². The van der Waals surface area contributed by atoms with E-state index < -0.39 is 44.7 Å². The molecule has 4 atom stereocenters. The quantitative estimate of drug-likeness (QED) is 0.0182. The smallest absolute Gasteiger partial charge is 0.462 e. The Balaban J connectivity index is 4.63. The molecule has 0 aliphatic rings. The molecule has 0 aliphatic carbocycles. The van der Waals surface area contributed by atoms with Gasteiger partial charge in [0.05, 0.1) is 40.0 Å². The highest BCUT2D eigenvalue weighted by molar-refractivity contribution is 7.47. The fraction of sp³-hybridized carbons (Fsp3) is 0.767. The Labute approximate surface area is 334 Å². The lowest BCUT2D eigenvalue weighted by Gasteiger charge is -2.24. The number of aliphatic hydroxyl groups excluding tert-OH is 2. The molecule has 320 valence electrons. The summed E-state index contributed by atoms with van der Waals surface area (Å²) in [5.74, 6) is -1.09. The van der Waals surface area contributed by atoms with Crippen LogP contribution in [0.25, 0.3) is 0 Å². The molecule has 0 radical (unpaired) electrons. The van der Waals surface area contributed by atoms with E-state index in [9.17, 15) is 29.3 Å². The normalized spacial score (nSPS) is 15.3. The van der Waals surface area contributed by atoms with Crippen molar-refractivity contribution in [2.45, 2.75) is 167 Å². The Morgan fingerprint density at radius 1 is 0.636 bits per heavy atom. The predicted octanol–water partition coefficient (Wildman–Crippen LogP) is 9.46. The molecule has 0 spiro atoms. The van der Waals surface area contributed by atoms with E-state index in [-0.39, 0.29) is 38.9 Å². The minimum absolute atomic E-state index is 0.0142. The highest BCUT2D eigenvalue weighted by Crippen LogP contribution is 2.43. The van der Waals surface area contributed by atoms with Crippen LogP contribution >= 0.6 is 7.82 Å². The molecule has 0 rings (SSSR count). The van der Waals surface area contributed by atoms with Crippen LogP contribution in [0.4, 0.5) is 0 Å². The van der Waals surface area contributed by atoms with E-state index in [1.165, 1.54) is 51.4 Å². The Bertz CT molecular complexity index is 1120. The number of allylic oxidation sites excluding steroid dienone is 7. The maximum atomic E-state index is 12.7. The fourth-order valence-corrected chi connectivity index (χ4v) is 6.14. The number of phosphoric acid groups is 1. The molecule has 11 nitrogen and oxygen atoms in total. The second-order valence-electron chi connectivity index (χ2n) is 15.3. The van der Waals surface area contributed by atoms with Gasteiger partial charge in [-0.25, -0.2) is 4.57 Å². The van der Waals surface area contributed by atoms with Crippen LogP contribution < -0.4 is 0 Å². The van der Waals surface area contributed by atoms with E-state index in [1.54, 1.807) is 0 Å². The zero-order valence-corrected chi connectivity index (χ0v) is 36.0. The zero-order chi connectivity index (χ0) is 41.0. The Morgan fingerprint density at radius 2 is 1.15 bits per heavy atom. The van der Waals surface area contributed by atoms with Crippen LogP contribution in [0.1, 0.15) is 149 Å². The van der Waals surface area contributed by atoms with E-state index in [1.807, 2.05) is 33.3 Å². The van der Waals surface area contributed by atoms with Crippen molar-refractivity contribution >= 4 is 19.8 Å². The largest absolute Gasteiger partial charge is 0.472 e. The number of phosphoric ester groups is 1. The number of aliphatic hydroxyl groups is 2. The van der Waals surface area contributed by atoms with Crippen molar-refractivity contribution < 1.29 is 52.3 Å². The average molecular weight is 801 g/mol. The summed E-state index contributed by atoms with van der Waals surface area (Å²) in [6.07, 6.45) is 31.9. The lowest BCUT2D eigenvalue weighted by molar-refractivity contribution is -0.870. The topological polar surface area (TPSA) is 149 Å². The minimum atomic E-state index is -4.44. The number of hydrogen-bond donors (Lipinski definition) is 3. The van der Waals surface area contributed by atoms with Crippen LogP contribution in [0.15, 0.2) is 48.6 Å². The lowest BCUT2D eigenvalue weighted by Crippen LogP contribution is -2.37. The molecule has 0 saturated heterocycles. The van der Waals surface area contributed by atoms with E-state index in [2.05, 4.69) is 50.3 Å². The molecule has 55 heavy (non-hydrogen) atoms. The minimum Gasteiger partial charge on any atom is -0.462 e. The maximum Gasteiger partial charge on any atom is 0.472 e. The van der Waals surface area contributed by atoms with Crippen LogP contribution in [0.3, 0.4) is 0 Å². The molecule has 3 N–H and O–H groups in total. The summed E-state index contributed by atoms with van der Waals surface area (Å²) < 4.78 is 34.0. The third-order valence-corrected chi connectivity index (χ3v) is 9.81. The summed E-state index contributed by atoms with van der Waals surface area (Å²) in [7, 11) is 1.32. The van der Waals surface area contributed by atoms with Gasteiger partial charge in [0, 0.05) is 12.8 Å². The van der Waals surface area contributed by atoms with Gasteiger partial charge >= 0.3 is 19.8 Å².